The zero-order valence-corrected chi connectivity index (χ0v) is 12.6. The highest BCUT2D eigenvalue weighted by Crippen LogP contribution is 2.50. The summed E-state index contributed by atoms with van der Waals surface area (Å²) in [5, 5.41) is 0. The summed E-state index contributed by atoms with van der Waals surface area (Å²) in [7, 11) is 0. The van der Waals surface area contributed by atoms with Crippen LogP contribution in [0, 0.1) is 0 Å². The predicted octanol–water partition coefficient (Wildman–Crippen LogP) is 5.43. The monoisotopic (exact) mass is 303 g/mol. The van der Waals surface area contributed by atoms with Crippen LogP contribution in [0.1, 0.15) is 10.4 Å². The third-order valence-electron chi connectivity index (χ3n) is 3.72. The van der Waals surface area contributed by atoms with Crippen LogP contribution in [0.5, 0.6) is 0 Å². The van der Waals surface area contributed by atoms with Crippen molar-refractivity contribution in [3.63, 3.8) is 0 Å². The minimum Gasteiger partial charge on any atom is -0.308 e. The molecule has 0 saturated carbocycles. The second-order valence-corrected chi connectivity index (χ2v) is 6.17. The topological polar surface area (TPSA) is 20.3 Å². The van der Waals surface area contributed by atoms with E-state index in [9.17, 15) is 4.79 Å². The van der Waals surface area contributed by atoms with Crippen LogP contribution in [0.2, 0.25) is 0 Å². The molecular formula is C19H13NOS. The van der Waals surface area contributed by atoms with Gasteiger partial charge in [-0.1, -0.05) is 36.0 Å². The number of anilines is 3. The largest absolute Gasteiger partial charge is 0.308 e. The number of rotatable bonds is 2. The van der Waals surface area contributed by atoms with Gasteiger partial charge < -0.3 is 4.90 Å². The minimum atomic E-state index is 0.691. The van der Waals surface area contributed by atoms with E-state index >= 15 is 0 Å². The van der Waals surface area contributed by atoms with E-state index in [0.29, 0.717) is 5.56 Å². The summed E-state index contributed by atoms with van der Waals surface area (Å²) in [6, 6.07) is 24.5. The normalized spacial score (nSPS) is 12.5. The third kappa shape index (κ3) is 2.11. The van der Waals surface area contributed by atoms with Gasteiger partial charge in [0.25, 0.3) is 0 Å². The van der Waals surface area contributed by atoms with Crippen LogP contribution in [-0.4, -0.2) is 6.29 Å². The Balaban J connectivity index is 1.92. The average molecular weight is 303 g/mol. The molecule has 1 heterocycles. The number of fused-ring (bicyclic) bond motifs is 2. The molecule has 0 atom stereocenters. The minimum absolute atomic E-state index is 0.691. The van der Waals surface area contributed by atoms with Crippen molar-refractivity contribution in [2.75, 3.05) is 4.90 Å². The molecule has 0 aliphatic carbocycles. The van der Waals surface area contributed by atoms with Gasteiger partial charge in [-0.25, -0.2) is 0 Å². The molecule has 0 bridgehead atoms. The SMILES string of the molecule is O=Cc1ccc(N2c3ccccc3Sc3ccccc32)cc1. The number of hydrogen-bond donors (Lipinski definition) is 0. The molecule has 0 fully saturated rings. The van der Waals surface area contributed by atoms with Crippen LogP contribution in [-0.2, 0) is 0 Å². The zero-order valence-electron chi connectivity index (χ0n) is 11.8. The van der Waals surface area contributed by atoms with E-state index in [4.69, 9.17) is 0 Å². The molecule has 0 amide bonds. The van der Waals surface area contributed by atoms with Gasteiger partial charge in [0.2, 0.25) is 0 Å². The molecule has 2 nitrogen and oxygen atoms in total. The number of aldehydes is 1. The van der Waals surface area contributed by atoms with Crippen molar-refractivity contribution in [1.82, 2.24) is 0 Å². The number of carbonyl (C=O) groups excluding carboxylic acids is 1. The van der Waals surface area contributed by atoms with Crippen molar-refractivity contribution in [2.24, 2.45) is 0 Å². The van der Waals surface area contributed by atoms with Gasteiger partial charge in [0.1, 0.15) is 6.29 Å². The molecule has 22 heavy (non-hydrogen) atoms. The number of benzene rings is 3. The summed E-state index contributed by atoms with van der Waals surface area (Å²) in [6.07, 6.45) is 0.873. The van der Waals surface area contributed by atoms with Gasteiger partial charge in [0.15, 0.2) is 0 Å². The Bertz CT molecular complexity index is 797. The first kappa shape index (κ1) is 13.2. The van der Waals surface area contributed by atoms with Crippen molar-refractivity contribution in [3.05, 3.63) is 78.4 Å². The molecule has 3 aromatic rings. The summed E-state index contributed by atoms with van der Waals surface area (Å²) >= 11 is 1.79. The van der Waals surface area contributed by atoms with Crippen LogP contribution in [0.4, 0.5) is 17.1 Å². The maximum Gasteiger partial charge on any atom is 0.150 e. The molecule has 106 valence electrons. The van der Waals surface area contributed by atoms with Gasteiger partial charge in [-0.2, -0.15) is 0 Å². The molecule has 0 aromatic heterocycles. The van der Waals surface area contributed by atoms with E-state index in [0.717, 1.165) is 12.0 Å². The van der Waals surface area contributed by atoms with Gasteiger partial charge in [-0.15, -0.1) is 0 Å². The van der Waals surface area contributed by atoms with Crippen molar-refractivity contribution < 1.29 is 4.79 Å². The molecule has 3 heteroatoms. The Morgan fingerprint density at radius 1 is 0.727 bits per heavy atom. The molecule has 3 aromatic carbocycles. The van der Waals surface area contributed by atoms with Crippen LogP contribution in [0.15, 0.2) is 82.6 Å². The lowest BCUT2D eigenvalue weighted by atomic mass is 10.1. The Kier molecular flexibility index (Phi) is 3.20. The van der Waals surface area contributed by atoms with Gasteiger partial charge in [0, 0.05) is 21.0 Å². The van der Waals surface area contributed by atoms with Gasteiger partial charge in [-0.3, -0.25) is 4.79 Å². The first-order valence-electron chi connectivity index (χ1n) is 7.08. The molecular weight excluding hydrogens is 290 g/mol. The molecule has 0 spiro atoms. The van der Waals surface area contributed by atoms with Crippen molar-refractivity contribution >= 4 is 35.1 Å². The van der Waals surface area contributed by atoms with E-state index < -0.39 is 0 Å². The van der Waals surface area contributed by atoms with E-state index in [1.54, 1.807) is 11.8 Å². The first-order valence-corrected chi connectivity index (χ1v) is 7.90. The maximum atomic E-state index is 10.9. The highest BCUT2D eigenvalue weighted by atomic mass is 32.2. The average Bonchev–Trinajstić information content (AvgIpc) is 2.60. The third-order valence-corrected chi connectivity index (χ3v) is 4.85. The quantitative estimate of drug-likeness (QED) is 0.460. The number of carbonyl (C=O) groups is 1. The smallest absolute Gasteiger partial charge is 0.150 e. The predicted molar refractivity (Wildman–Crippen MR) is 90.6 cm³/mol. The van der Waals surface area contributed by atoms with Crippen LogP contribution >= 0.6 is 11.8 Å². The maximum absolute atomic E-state index is 10.9. The molecule has 1 aliphatic heterocycles. The lowest BCUT2D eigenvalue weighted by molar-refractivity contribution is 0.112. The summed E-state index contributed by atoms with van der Waals surface area (Å²) < 4.78 is 0. The van der Waals surface area contributed by atoms with Crippen LogP contribution in [0.25, 0.3) is 0 Å². The van der Waals surface area contributed by atoms with Gasteiger partial charge >= 0.3 is 0 Å². The van der Waals surface area contributed by atoms with Gasteiger partial charge in [0.05, 0.1) is 11.4 Å². The standard InChI is InChI=1S/C19H13NOS/c21-13-14-9-11-15(12-10-14)20-16-5-1-3-7-18(16)22-19-8-4-2-6-17(19)20/h1-13H. The first-order chi connectivity index (χ1) is 10.9. The van der Waals surface area contributed by atoms with Crippen molar-refractivity contribution in [1.29, 1.82) is 0 Å². The second-order valence-electron chi connectivity index (χ2n) is 5.08. The van der Waals surface area contributed by atoms with E-state index in [1.165, 1.54) is 21.2 Å². The fourth-order valence-corrected chi connectivity index (χ4v) is 3.74. The summed E-state index contributed by atoms with van der Waals surface area (Å²) in [5.41, 5.74) is 4.10. The van der Waals surface area contributed by atoms with E-state index in [-0.39, 0.29) is 0 Å². The van der Waals surface area contributed by atoms with Crippen LogP contribution in [0.3, 0.4) is 0 Å². The zero-order chi connectivity index (χ0) is 14.9. The van der Waals surface area contributed by atoms with E-state index in [1.807, 2.05) is 24.3 Å². The summed E-state index contributed by atoms with van der Waals surface area (Å²) in [6.45, 7) is 0. The lowest BCUT2D eigenvalue weighted by Crippen LogP contribution is -2.14. The number of nitrogens with zero attached hydrogens (tertiary/aromatic N) is 1. The lowest BCUT2D eigenvalue weighted by Gasteiger charge is -2.32. The highest BCUT2D eigenvalue weighted by Gasteiger charge is 2.23. The second kappa shape index (κ2) is 5.35. The Morgan fingerprint density at radius 2 is 1.27 bits per heavy atom. The Labute approximate surface area is 133 Å². The molecule has 0 N–H and O–H groups in total. The van der Waals surface area contributed by atoms with E-state index in [2.05, 4.69) is 53.4 Å². The molecule has 0 radical (unpaired) electrons. The van der Waals surface area contributed by atoms with Crippen molar-refractivity contribution in [2.45, 2.75) is 9.79 Å². The molecule has 0 unspecified atom stereocenters. The van der Waals surface area contributed by atoms with Gasteiger partial charge in [-0.05, 0) is 48.5 Å². The van der Waals surface area contributed by atoms with Crippen molar-refractivity contribution in [3.8, 4) is 0 Å². The number of para-hydroxylation sites is 2. The summed E-state index contributed by atoms with van der Waals surface area (Å²) in [5.74, 6) is 0. The summed E-state index contributed by atoms with van der Waals surface area (Å²) in [4.78, 5) is 15.6. The molecule has 1 aliphatic rings. The Morgan fingerprint density at radius 3 is 1.82 bits per heavy atom. The molecule has 4 rings (SSSR count). The fourth-order valence-electron chi connectivity index (χ4n) is 2.68. The fraction of sp³-hybridized carbons (Fsp3) is 0. The number of hydrogen-bond acceptors (Lipinski definition) is 3. The highest BCUT2D eigenvalue weighted by molar-refractivity contribution is 7.99. The van der Waals surface area contributed by atoms with Crippen LogP contribution < -0.4 is 4.90 Å². The molecule has 0 saturated heterocycles. The Hall–Kier alpha value is -2.52.